The molecule has 22 heavy (non-hydrogen) atoms. The second-order valence-electron chi connectivity index (χ2n) is 6.78. The predicted molar refractivity (Wildman–Crippen MR) is 90.6 cm³/mol. The second kappa shape index (κ2) is 7.38. The SMILES string of the molecule is CCOC(=O)C(C)(C)[C@@H](NS(=O)C(C)(C)C)c1ccccc1. The van der Waals surface area contributed by atoms with Gasteiger partial charge in [0.2, 0.25) is 0 Å². The van der Waals surface area contributed by atoms with Gasteiger partial charge in [-0.05, 0) is 47.1 Å². The highest BCUT2D eigenvalue weighted by molar-refractivity contribution is 7.84. The van der Waals surface area contributed by atoms with Crippen LogP contribution in [-0.2, 0) is 20.5 Å². The number of carbonyl (C=O) groups excluding carboxylic acids is 1. The molecule has 1 aromatic rings. The summed E-state index contributed by atoms with van der Waals surface area (Å²) < 4.78 is 20.4. The van der Waals surface area contributed by atoms with Crippen LogP contribution in [0.2, 0.25) is 0 Å². The molecule has 0 spiro atoms. The fraction of sp³-hybridized carbons (Fsp3) is 0.588. The largest absolute Gasteiger partial charge is 0.466 e. The Hall–Kier alpha value is -1.20. The van der Waals surface area contributed by atoms with Crippen molar-refractivity contribution in [1.29, 1.82) is 0 Å². The molecule has 124 valence electrons. The van der Waals surface area contributed by atoms with Gasteiger partial charge in [-0.3, -0.25) is 4.79 Å². The van der Waals surface area contributed by atoms with Crippen LogP contribution in [0.4, 0.5) is 0 Å². The maximum Gasteiger partial charge on any atom is 0.313 e. The zero-order valence-corrected chi connectivity index (χ0v) is 15.1. The summed E-state index contributed by atoms with van der Waals surface area (Å²) in [6.07, 6.45) is 0. The first-order chi connectivity index (χ1) is 10.1. The van der Waals surface area contributed by atoms with Gasteiger partial charge in [0.1, 0.15) is 0 Å². The third kappa shape index (κ3) is 4.65. The van der Waals surface area contributed by atoms with Crippen molar-refractivity contribution in [1.82, 2.24) is 4.72 Å². The van der Waals surface area contributed by atoms with Crippen molar-refractivity contribution in [3.8, 4) is 0 Å². The standard InChI is InChI=1S/C17H27NO3S/c1-7-21-15(19)17(5,6)14(13-11-9-8-10-12-13)18-22(20)16(2,3)4/h8-12,14,18H,7H2,1-6H3/t14-,22?/m0/s1. The highest BCUT2D eigenvalue weighted by Crippen LogP contribution is 2.35. The predicted octanol–water partition coefficient (Wildman–Crippen LogP) is 3.37. The van der Waals surface area contributed by atoms with E-state index in [0.29, 0.717) is 6.61 Å². The Morgan fingerprint density at radius 3 is 2.18 bits per heavy atom. The molecule has 0 heterocycles. The minimum Gasteiger partial charge on any atom is -0.466 e. The van der Waals surface area contributed by atoms with Gasteiger partial charge in [-0.25, -0.2) is 8.93 Å². The lowest BCUT2D eigenvalue weighted by atomic mass is 9.81. The molecule has 1 rings (SSSR count). The van der Waals surface area contributed by atoms with Crippen molar-refractivity contribution >= 4 is 17.0 Å². The number of benzene rings is 1. The molecule has 0 bridgehead atoms. The average Bonchev–Trinajstić information content (AvgIpc) is 2.44. The van der Waals surface area contributed by atoms with Crippen molar-refractivity contribution in [2.75, 3.05) is 6.61 Å². The van der Waals surface area contributed by atoms with Gasteiger partial charge in [-0.2, -0.15) is 0 Å². The summed E-state index contributed by atoms with van der Waals surface area (Å²) in [7, 11) is -1.29. The van der Waals surface area contributed by atoms with Gasteiger partial charge in [0.05, 0.1) is 33.8 Å². The van der Waals surface area contributed by atoms with Gasteiger partial charge in [0, 0.05) is 0 Å². The molecule has 0 saturated carbocycles. The molecule has 1 unspecified atom stereocenters. The molecular formula is C17H27NO3S. The first-order valence-electron chi connectivity index (χ1n) is 7.51. The van der Waals surface area contributed by atoms with Crippen LogP contribution in [-0.4, -0.2) is 21.5 Å². The third-order valence-corrected chi connectivity index (χ3v) is 5.00. The van der Waals surface area contributed by atoms with Crippen molar-refractivity contribution in [3.63, 3.8) is 0 Å². The number of esters is 1. The number of hydrogen-bond acceptors (Lipinski definition) is 3. The molecule has 1 aromatic carbocycles. The summed E-state index contributed by atoms with van der Waals surface area (Å²) in [4.78, 5) is 12.3. The third-order valence-electron chi connectivity index (χ3n) is 3.44. The van der Waals surface area contributed by atoms with Crippen molar-refractivity contribution in [2.24, 2.45) is 5.41 Å². The number of carbonyl (C=O) groups is 1. The lowest BCUT2D eigenvalue weighted by molar-refractivity contribution is -0.155. The van der Waals surface area contributed by atoms with E-state index in [2.05, 4.69) is 4.72 Å². The maximum atomic E-state index is 12.5. The van der Waals surface area contributed by atoms with E-state index in [-0.39, 0.29) is 5.97 Å². The van der Waals surface area contributed by atoms with E-state index >= 15 is 0 Å². The Bertz CT molecular complexity index is 520. The molecule has 0 aliphatic heterocycles. The summed E-state index contributed by atoms with van der Waals surface area (Å²) >= 11 is 0. The van der Waals surface area contributed by atoms with E-state index in [1.807, 2.05) is 65.0 Å². The van der Waals surface area contributed by atoms with Gasteiger partial charge < -0.3 is 4.74 Å². The monoisotopic (exact) mass is 325 g/mol. The second-order valence-corrected chi connectivity index (χ2v) is 8.78. The molecular weight excluding hydrogens is 298 g/mol. The van der Waals surface area contributed by atoms with Crippen LogP contribution in [0, 0.1) is 5.41 Å². The first kappa shape index (κ1) is 18.8. The Labute approximate surface area is 136 Å². The van der Waals surface area contributed by atoms with Crippen molar-refractivity contribution in [2.45, 2.75) is 52.3 Å². The highest BCUT2D eigenvalue weighted by Gasteiger charge is 2.41. The summed E-state index contributed by atoms with van der Waals surface area (Å²) in [5.41, 5.74) is 0.0799. The molecule has 4 nitrogen and oxygen atoms in total. The topological polar surface area (TPSA) is 55.4 Å². The number of nitrogens with one attached hydrogen (secondary N) is 1. The van der Waals surface area contributed by atoms with Gasteiger partial charge in [-0.1, -0.05) is 30.3 Å². The Morgan fingerprint density at radius 2 is 1.73 bits per heavy atom. The van der Waals surface area contributed by atoms with Gasteiger partial charge >= 0.3 is 5.97 Å². The fourth-order valence-electron chi connectivity index (χ4n) is 2.00. The molecule has 0 aromatic heterocycles. The normalized spacial score (nSPS) is 15.2. The molecule has 0 fully saturated rings. The van der Waals surface area contributed by atoms with Crippen LogP contribution in [0.1, 0.15) is 53.1 Å². The van der Waals surface area contributed by atoms with Crippen LogP contribution in [0.25, 0.3) is 0 Å². The average molecular weight is 325 g/mol. The molecule has 5 heteroatoms. The molecule has 0 aliphatic carbocycles. The molecule has 0 aliphatic rings. The minimum atomic E-state index is -1.29. The Morgan fingerprint density at radius 1 is 1.18 bits per heavy atom. The zero-order valence-electron chi connectivity index (χ0n) is 14.3. The van der Waals surface area contributed by atoms with E-state index in [4.69, 9.17) is 4.74 Å². The Kier molecular flexibility index (Phi) is 6.32. The Balaban J connectivity index is 3.18. The van der Waals surface area contributed by atoms with Crippen LogP contribution < -0.4 is 4.72 Å². The van der Waals surface area contributed by atoms with E-state index in [1.54, 1.807) is 6.92 Å². The van der Waals surface area contributed by atoms with Crippen LogP contribution in [0.15, 0.2) is 30.3 Å². The quantitative estimate of drug-likeness (QED) is 0.816. The lowest BCUT2D eigenvalue weighted by Crippen LogP contribution is -2.45. The fourth-order valence-corrected chi connectivity index (χ4v) is 2.99. The number of hydrogen-bond donors (Lipinski definition) is 1. The van der Waals surface area contributed by atoms with Crippen LogP contribution in [0.5, 0.6) is 0 Å². The molecule has 0 saturated heterocycles. The first-order valence-corrected chi connectivity index (χ1v) is 8.66. The van der Waals surface area contributed by atoms with E-state index < -0.39 is 27.2 Å². The van der Waals surface area contributed by atoms with Crippen molar-refractivity contribution < 1.29 is 13.7 Å². The van der Waals surface area contributed by atoms with E-state index in [9.17, 15) is 9.00 Å². The molecule has 0 radical (unpaired) electrons. The summed E-state index contributed by atoms with van der Waals surface area (Å²) in [6, 6.07) is 9.19. The maximum absolute atomic E-state index is 12.5. The lowest BCUT2D eigenvalue weighted by Gasteiger charge is -2.34. The van der Waals surface area contributed by atoms with E-state index in [0.717, 1.165) is 5.56 Å². The number of rotatable bonds is 6. The van der Waals surface area contributed by atoms with Gasteiger partial charge in [0.15, 0.2) is 0 Å². The van der Waals surface area contributed by atoms with E-state index in [1.165, 1.54) is 0 Å². The molecule has 1 N–H and O–H groups in total. The molecule has 2 atom stereocenters. The number of ether oxygens (including phenoxy) is 1. The summed E-state index contributed by atoms with van der Waals surface area (Å²) in [5.74, 6) is -0.303. The van der Waals surface area contributed by atoms with Gasteiger partial charge in [0.25, 0.3) is 0 Å². The minimum absolute atomic E-state index is 0.303. The zero-order chi connectivity index (χ0) is 17.0. The smallest absolute Gasteiger partial charge is 0.313 e. The molecule has 0 amide bonds. The van der Waals surface area contributed by atoms with Crippen molar-refractivity contribution in [3.05, 3.63) is 35.9 Å². The van der Waals surface area contributed by atoms with Gasteiger partial charge in [-0.15, -0.1) is 0 Å². The summed E-state index contributed by atoms with van der Waals surface area (Å²) in [5, 5.41) is 0. The highest BCUT2D eigenvalue weighted by atomic mass is 32.2. The summed E-state index contributed by atoms with van der Waals surface area (Å²) in [6.45, 7) is 11.4. The van der Waals surface area contributed by atoms with Crippen LogP contribution >= 0.6 is 0 Å². The van der Waals surface area contributed by atoms with Crippen LogP contribution in [0.3, 0.4) is 0 Å².